The minimum Gasteiger partial charge on any atom is -0.478 e. The fourth-order valence-electron chi connectivity index (χ4n) is 1.80. The number of carbonyl (C=O) groups is 2. The Hall–Kier alpha value is -2.10. The van der Waals surface area contributed by atoms with Crippen LogP contribution in [0.3, 0.4) is 0 Å². The molecule has 0 fully saturated rings. The minimum absolute atomic E-state index is 0.0555. The molecule has 0 unspecified atom stereocenters. The average Bonchev–Trinajstić information content (AvgIpc) is 2.68. The molecule has 0 radical (unpaired) electrons. The summed E-state index contributed by atoms with van der Waals surface area (Å²) >= 11 is 0. The monoisotopic (exact) mass is 245 g/mol. The zero-order valence-electron chi connectivity index (χ0n) is 10.6. The van der Waals surface area contributed by atoms with E-state index in [4.69, 9.17) is 5.11 Å². The van der Waals surface area contributed by atoms with Gasteiger partial charge in [0, 0.05) is 17.0 Å². The van der Waals surface area contributed by atoms with Crippen molar-refractivity contribution in [3.63, 3.8) is 0 Å². The normalized spacial score (nSPS) is 11.7. The first-order valence-electron chi connectivity index (χ1n) is 5.70. The number of rotatable bonds is 1. The van der Waals surface area contributed by atoms with E-state index in [-0.39, 0.29) is 11.5 Å². The fourth-order valence-corrected chi connectivity index (χ4v) is 1.80. The number of benzene rings is 1. The highest BCUT2D eigenvalue weighted by atomic mass is 16.4. The second-order valence-corrected chi connectivity index (χ2v) is 5.32. The summed E-state index contributed by atoms with van der Waals surface area (Å²) in [5.41, 5.74) is 0.310. The van der Waals surface area contributed by atoms with Crippen molar-refractivity contribution < 1.29 is 14.7 Å². The van der Waals surface area contributed by atoms with Crippen molar-refractivity contribution in [2.45, 2.75) is 20.8 Å². The summed E-state index contributed by atoms with van der Waals surface area (Å²) in [5.74, 6) is -1.05. The molecule has 4 heteroatoms. The number of aromatic carboxylic acids is 1. The predicted octanol–water partition coefficient (Wildman–Crippen LogP) is 3.03. The molecule has 94 valence electrons. The van der Waals surface area contributed by atoms with Gasteiger partial charge in [0.25, 0.3) is 0 Å². The van der Waals surface area contributed by atoms with E-state index in [9.17, 15) is 9.59 Å². The van der Waals surface area contributed by atoms with Crippen LogP contribution < -0.4 is 0 Å². The summed E-state index contributed by atoms with van der Waals surface area (Å²) in [6.07, 6.45) is 1.68. The highest BCUT2D eigenvalue weighted by Gasteiger charge is 2.24. The molecule has 1 heterocycles. The van der Waals surface area contributed by atoms with Gasteiger partial charge in [-0.3, -0.25) is 9.36 Å². The molecule has 1 aromatic carbocycles. The number of aromatic nitrogens is 1. The lowest BCUT2D eigenvalue weighted by molar-refractivity contribution is 0.0695. The smallest absolute Gasteiger partial charge is 0.335 e. The molecule has 2 aromatic rings. The third-order valence-corrected chi connectivity index (χ3v) is 2.80. The van der Waals surface area contributed by atoms with Crippen LogP contribution in [0.15, 0.2) is 30.5 Å². The van der Waals surface area contributed by atoms with Crippen LogP contribution in [0.5, 0.6) is 0 Å². The number of carbonyl (C=O) groups excluding carboxylic acids is 1. The Labute approximate surface area is 105 Å². The van der Waals surface area contributed by atoms with Gasteiger partial charge >= 0.3 is 5.97 Å². The van der Waals surface area contributed by atoms with Crippen molar-refractivity contribution in [3.8, 4) is 0 Å². The standard InChI is InChI=1S/C14H15NO3/c1-14(2,3)13(18)15-7-6-9-4-5-10(12(16)17)8-11(9)15/h4-8H,1-3H3,(H,16,17). The molecule has 0 bridgehead atoms. The first-order valence-corrected chi connectivity index (χ1v) is 5.70. The van der Waals surface area contributed by atoms with Gasteiger partial charge in [-0.2, -0.15) is 0 Å². The SMILES string of the molecule is CC(C)(C)C(=O)n1ccc2ccc(C(=O)O)cc21. The molecule has 0 saturated carbocycles. The van der Waals surface area contributed by atoms with Crippen LogP contribution in [0.2, 0.25) is 0 Å². The summed E-state index contributed by atoms with van der Waals surface area (Å²) in [7, 11) is 0. The van der Waals surface area contributed by atoms with Crippen molar-refractivity contribution in [2.24, 2.45) is 5.41 Å². The van der Waals surface area contributed by atoms with E-state index < -0.39 is 11.4 Å². The van der Waals surface area contributed by atoms with Crippen molar-refractivity contribution in [1.82, 2.24) is 4.57 Å². The van der Waals surface area contributed by atoms with E-state index in [2.05, 4.69) is 0 Å². The first-order chi connectivity index (χ1) is 8.30. The number of carboxylic acids is 1. The summed E-state index contributed by atoms with van der Waals surface area (Å²) in [5, 5.41) is 9.84. The third kappa shape index (κ3) is 2.01. The summed E-state index contributed by atoms with van der Waals surface area (Å²) < 4.78 is 1.52. The predicted molar refractivity (Wildman–Crippen MR) is 69.0 cm³/mol. The topological polar surface area (TPSA) is 59.3 Å². The van der Waals surface area contributed by atoms with Crippen LogP contribution in [-0.2, 0) is 0 Å². The zero-order chi connectivity index (χ0) is 13.5. The Morgan fingerprint density at radius 2 is 1.83 bits per heavy atom. The summed E-state index contributed by atoms with van der Waals surface area (Å²) in [4.78, 5) is 23.2. The molecule has 0 aliphatic carbocycles. The maximum atomic E-state index is 12.2. The van der Waals surface area contributed by atoms with E-state index in [0.29, 0.717) is 5.52 Å². The molecule has 0 aliphatic heterocycles. The summed E-state index contributed by atoms with van der Waals surface area (Å²) in [6, 6.07) is 6.59. The second-order valence-electron chi connectivity index (χ2n) is 5.32. The van der Waals surface area contributed by atoms with Gasteiger partial charge in [0.15, 0.2) is 0 Å². The Kier molecular flexibility index (Phi) is 2.73. The molecule has 0 saturated heterocycles. The highest BCUT2D eigenvalue weighted by Crippen LogP contribution is 2.23. The van der Waals surface area contributed by atoms with Gasteiger partial charge in [-0.05, 0) is 18.2 Å². The van der Waals surface area contributed by atoms with Gasteiger partial charge in [0.2, 0.25) is 5.91 Å². The molecule has 2 rings (SSSR count). The van der Waals surface area contributed by atoms with Crippen LogP contribution in [0.4, 0.5) is 0 Å². The minimum atomic E-state index is -0.993. The lowest BCUT2D eigenvalue weighted by Gasteiger charge is -2.17. The molecule has 0 atom stereocenters. The highest BCUT2D eigenvalue weighted by molar-refractivity contribution is 5.98. The van der Waals surface area contributed by atoms with Gasteiger partial charge in [0.05, 0.1) is 11.1 Å². The van der Waals surface area contributed by atoms with Crippen molar-refractivity contribution in [1.29, 1.82) is 0 Å². The van der Waals surface area contributed by atoms with Crippen LogP contribution in [0, 0.1) is 5.41 Å². The Balaban J connectivity index is 2.62. The van der Waals surface area contributed by atoms with E-state index in [1.54, 1.807) is 12.3 Å². The molecular formula is C14H15NO3. The van der Waals surface area contributed by atoms with Crippen LogP contribution in [0.1, 0.15) is 35.9 Å². The van der Waals surface area contributed by atoms with E-state index in [1.807, 2.05) is 26.8 Å². The largest absolute Gasteiger partial charge is 0.478 e. The molecule has 0 amide bonds. The molecular weight excluding hydrogens is 230 g/mol. The van der Waals surface area contributed by atoms with Crippen LogP contribution in [-0.4, -0.2) is 21.6 Å². The maximum absolute atomic E-state index is 12.2. The second kappa shape index (κ2) is 3.98. The lowest BCUT2D eigenvalue weighted by Crippen LogP contribution is -2.26. The Bertz CT molecular complexity index is 632. The van der Waals surface area contributed by atoms with E-state index in [1.165, 1.54) is 16.7 Å². The van der Waals surface area contributed by atoms with Gasteiger partial charge < -0.3 is 5.11 Å². The molecule has 0 aliphatic rings. The Morgan fingerprint density at radius 3 is 2.39 bits per heavy atom. The third-order valence-electron chi connectivity index (χ3n) is 2.80. The maximum Gasteiger partial charge on any atom is 0.335 e. The lowest BCUT2D eigenvalue weighted by atomic mass is 9.95. The fraction of sp³-hybridized carbons (Fsp3) is 0.286. The molecule has 1 aromatic heterocycles. The first kappa shape index (κ1) is 12.4. The van der Waals surface area contributed by atoms with Crippen LogP contribution in [0.25, 0.3) is 10.9 Å². The number of fused-ring (bicyclic) bond motifs is 1. The van der Waals surface area contributed by atoms with Gasteiger partial charge in [-0.25, -0.2) is 4.79 Å². The van der Waals surface area contributed by atoms with Gasteiger partial charge in [-0.1, -0.05) is 26.8 Å². The summed E-state index contributed by atoms with van der Waals surface area (Å²) in [6.45, 7) is 5.51. The van der Waals surface area contributed by atoms with E-state index in [0.717, 1.165) is 5.39 Å². The number of hydrogen-bond acceptors (Lipinski definition) is 2. The molecule has 4 nitrogen and oxygen atoms in total. The average molecular weight is 245 g/mol. The van der Waals surface area contributed by atoms with E-state index >= 15 is 0 Å². The number of nitrogens with zero attached hydrogens (tertiary/aromatic N) is 1. The van der Waals surface area contributed by atoms with Gasteiger partial charge in [-0.15, -0.1) is 0 Å². The molecule has 18 heavy (non-hydrogen) atoms. The van der Waals surface area contributed by atoms with Crippen molar-refractivity contribution in [2.75, 3.05) is 0 Å². The number of carboxylic acid groups (broad SMARTS) is 1. The molecule has 0 spiro atoms. The quantitative estimate of drug-likeness (QED) is 0.840. The molecule has 1 N–H and O–H groups in total. The van der Waals surface area contributed by atoms with Crippen molar-refractivity contribution >= 4 is 22.8 Å². The zero-order valence-corrected chi connectivity index (χ0v) is 10.6. The number of hydrogen-bond donors (Lipinski definition) is 1. The van der Waals surface area contributed by atoms with Crippen LogP contribution >= 0.6 is 0 Å². The van der Waals surface area contributed by atoms with Crippen molar-refractivity contribution in [3.05, 3.63) is 36.0 Å². The Morgan fingerprint density at radius 1 is 1.17 bits per heavy atom. The van der Waals surface area contributed by atoms with Gasteiger partial charge in [0.1, 0.15) is 0 Å².